The summed E-state index contributed by atoms with van der Waals surface area (Å²) in [4.78, 5) is 4.02. The van der Waals surface area contributed by atoms with Crippen molar-refractivity contribution in [1.29, 1.82) is 0 Å². The van der Waals surface area contributed by atoms with Crippen LogP contribution in [0, 0.1) is 5.92 Å². The molecule has 1 atom stereocenters. The van der Waals surface area contributed by atoms with Crippen molar-refractivity contribution in [3.63, 3.8) is 0 Å². The van der Waals surface area contributed by atoms with Gasteiger partial charge in [-0.2, -0.15) is 0 Å². The van der Waals surface area contributed by atoms with Gasteiger partial charge >= 0.3 is 0 Å². The Bertz CT molecular complexity index is 134. The molecule has 0 saturated carbocycles. The molecule has 0 aromatic carbocycles. The third kappa shape index (κ3) is 2.81. The van der Waals surface area contributed by atoms with E-state index in [1.54, 1.807) is 0 Å². The first-order valence-corrected chi connectivity index (χ1v) is 3.99. The van der Waals surface area contributed by atoms with E-state index in [1.165, 1.54) is 5.57 Å². The second-order valence-corrected chi connectivity index (χ2v) is 2.34. The number of hydrogen-bond donors (Lipinski definition) is 0. The van der Waals surface area contributed by atoms with Gasteiger partial charge in [-0.05, 0) is 19.3 Å². The Hall–Kier alpha value is -0.590. The largest absolute Gasteiger partial charge is 0.269 e. The van der Waals surface area contributed by atoms with Crippen molar-refractivity contribution in [1.82, 2.24) is 0 Å². The average Bonchev–Trinajstić information content (AvgIpc) is 2.00. The van der Waals surface area contributed by atoms with Crippen LogP contribution in [0.4, 0.5) is 0 Å². The number of nitrogens with zero attached hydrogens (tertiary/aromatic N) is 1. The lowest BCUT2D eigenvalue weighted by Crippen LogP contribution is -1.99. The number of hydrogen-bond acceptors (Lipinski definition) is 1. The molecular formula is C9H17N. The lowest BCUT2D eigenvalue weighted by Gasteiger charge is -2.10. The number of aliphatic imine (C=N–C) groups is 1. The predicted molar refractivity (Wildman–Crippen MR) is 47.4 cm³/mol. The van der Waals surface area contributed by atoms with Crippen LogP contribution in [0.3, 0.4) is 0 Å². The highest BCUT2D eigenvalue weighted by Gasteiger charge is 2.03. The molecule has 0 aromatic heterocycles. The van der Waals surface area contributed by atoms with Crippen molar-refractivity contribution < 1.29 is 0 Å². The minimum absolute atomic E-state index is 0.715. The molecule has 1 aliphatic heterocycles. The van der Waals surface area contributed by atoms with E-state index in [1.807, 2.05) is 26.3 Å². The van der Waals surface area contributed by atoms with Crippen molar-refractivity contribution in [3.05, 3.63) is 11.8 Å². The first kappa shape index (κ1) is 9.41. The van der Waals surface area contributed by atoms with Crippen molar-refractivity contribution in [3.8, 4) is 0 Å². The Morgan fingerprint density at radius 3 is 2.40 bits per heavy atom. The lowest BCUT2D eigenvalue weighted by molar-refractivity contribution is 0.710. The first-order valence-electron chi connectivity index (χ1n) is 3.99. The van der Waals surface area contributed by atoms with E-state index in [9.17, 15) is 0 Å². The molecule has 0 spiro atoms. The monoisotopic (exact) mass is 139 g/mol. The molecule has 0 bridgehead atoms. The van der Waals surface area contributed by atoms with Gasteiger partial charge in [0.05, 0.1) is 0 Å². The molecule has 1 aliphatic rings. The SMILES string of the molecule is CC.CC1=CN=CCC1C. The van der Waals surface area contributed by atoms with Crippen LogP contribution < -0.4 is 0 Å². The van der Waals surface area contributed by atoms with Gasteiger partial charge in [-0.15, -0.1) is 0 Å². The zero-order valence-electron chi connectivity index (χ0n) is 7.39. The maximum Gasteiger partial charge on any atom is 0.0255 e. The van der Waals surface area contributed by atoms with Crippen LogP contribution in [-0.2, 0) is 0 Å². The predicted octanol–water partition coefficient (Wildman–Crippen LogP) is 3.03. The van der Waals surface area contributed by atoms with E-state index in [0.29, 0.717) is 5.92 Å². The fraction of sp³-hybridized carbons (Fsp3) is 0.667. The molecule has 0 N–H and O–H groups in total. The van der Waals surface area contributed by atoms with Gasteiger partial charge in [0.1, 0.15) is 0 Å². The van der Waals surface area contributed by atoms with E-state index < -0.39 is 0 Å². The normalized spacial score (nSPS) is 22.8. The fourth-order valence-electron chi connectivity index (χ4n) is 0.702. The molecule has 1 nitrogen and oxygen atoms in total. The first-order chi connectivity index (χ1) is 4.80. The Balaban J connectivity index is 0.000000371. The molecule has 58 valence electrons. The van der Waals surface area contributed by atoms with Gasteiger partial charge in [0, 0.05) is 12.4 Å². The second kappa shape index (κ2) is 5.21. The number of allylic oxidation sites excluding steroid dienone is 1. The summed E-state index contributed by atoms with van der Waals surface area (Å²) < 4.78 is 0. The van der Waals surface area contributed by atoms with Crippen molar-refractivity contribution in [2.75, 3.05) is 0 Å². The Morgan fingerprint density at radius 1 is 1.50 bits per heavy atom. The molecule has 0 amide bonds. The van der Waals surface area contributed by atoms with Crippen LogP contribution >= 0.6 is 0 Å². The summed E-state index contributed by atoms with van der Waals surface area (Å²) in [6.45, 7) is 8.35. The minimum atomic E-state index is 0.715. The smallest absolute Gasteiger partial charge is 0.0255 e. The summed E-state index contributed by atoms with van der Waals surface area (Å²) in [5.74, 6) is 0.715. The standard InChI is InChI=1S/C7H11N.C2H6/c1-6-3-4-8-5-7(6)2;1-2/h4-6H,3H2,1-2H3;1-2H3. The lowest BCUT2D eigenvalue weighted by atomic mass is 9.99. The highest BCUT2D eigenvalue weighted by atomic mass is 14.7. The van der Waals surface area contributed by atoms with Crippen LogP contribution in [-0.4, -0.2) is 6.21 Å². The molecule has 0 aliphatic carbocycles. The third-order valence-electron chi connectivity index (χ3n) is 1.62. The molecule has 0 aromatic rings. The van der Waals surface area contributed by atoms with Crippen LogP contribution in [0.2, 0.25) is 0 Å². The summed E-state index contributed by atoms with van der Waals surface area (Å²) in [7, 11) is 0. The molecule has 0 saturated heterocycles. The van der Waals surface area contributed by atoms with Crippen molar-refractivity contribution >= 4 is 6.21 Å². The van der Waals surface area contributed by atoms with Gasteiger partial charge in [-0.25, -0.2) is 0 Å². The highest BCUT2D eigenvalue weighted by Crippen LogP contribution is 2.15. The van der Waals surface area contributed by atoms with Crippen LogP contribution in [0.15, 0.2) is 16.8 Å². The average molecular weight is 139 g/mol. The van der Waals surface area contributed by atoms with E-state index in [2.05, 4.69) is 18.8 Å². The molecular weight excluding hydrogens is 122 g/mol. The number of rotatable bonds is 0. The third-order valence-corrected chi connectivity index (χ3v) is 1.62. The van der Waals surface area contributed by atoms with Crippen LogP contribution in [0.1, 0.15) is 34.1 Å². The van der Waals surface area contributed by atoms with E-state index >= 15 is 0 Å². The summed E-state index contributed by atoms with van der Waals surface area (Å²) in [5, 5.41) is 0. The summed E-state index contributed by atoms with van der Waals surface area (Å²) in [5.41, 5.74) is 1.40. The van der Waals surface area contributed by atoms with Gasteiger partial charge < -0.3 is 0 Å². The van der Waals surface area contributed by atoms with Crippen LogP contribution in [0.25, 0.3) is 0 Å². The van der Waals surface area contributed by atoms with E-state index in [4.69, 9.17) is 0 Å². The summed E-state index contributed by atoms with van der Waals surface area (Å²) in [6, 6.07) is 0. The van der Waals surface area contributed by atoms with Crippen LogP contribution in [0.5, 0.6) is 0 Å². The van der Waals surface area contributed by atoms with Gasteiger partial charge in [0.2, 0.25) is 0 Å². The van der Waals surface area contributed by atoms with Gasteiger partial charge in [0.15, 0.2) is 0 Å². The molecule has 0 radical (unpaired) electrons. The molecule has 1 heteroatoms. The topological polar surface area (TPSA) is 12.4 Å². The fourth-order valence-corrected chi connectivity index (χ4v) is 0.702. The second-order valence-electron chi connectivity index (χ2n) is 2.34. The zero-order chi connectivity index (χ0) is 7.98. The van der Waals surface area contributed by atoms with Gasteiger partial charge in [0.25, 0.3) is 0 Å². The molecule has 10 heavy (non-hydrogen) atoms. The Kier molecular flexibility index (Phi) is 4.91. The van der Waals surface area contributed by atoms with E-state index in [-0.39, 0.29) is 0 Å². The quantitative estimate of drug-likeness (QED) is 0.489. The summed E-state index contributed by atoms with van der Waals surface area (Å²) >= 11 is 0. The van der Waals surface area contributed by atoms with Crippen molar-refractivity contribution in [2.24, 2.45) is 10.9 Å². The van der Waals surface area contributed by atoms with Crippen molar-refractivity contribution in [2.45, 2.75) is 34.1 Å². The molecule has 0 fully saturated rings. The molecule has 1 heterocycles. The zero-order valence-corrected chi connectivity index (χ0v) is 7.39. The molecule has 1 rings (SSSR count). The minimum Gasteiger partial charge on any atom is -0.269 e. The van der Waals surface area contributed by atoms with Gasteiger partial charge in [-0.1, -0.05) is 26.3 Å². The summed E-state index contributed by atoms with van der Waals surface area (Å²) in [6.07, 6.45) is 5.02. The maximum atomic E-state index is 4.02. The Labute approximate surface area is 63.9 Å². The maximum absolute atomic E-state index is 4.02. The highest BCUT2D eigenvalue weighted by molar-refractivity contribution is 5.60. The molecule has 1 unspecified atom stereocenters. The Morgan fingerprint density at radius 2 is 2.10 bits per heavy atom. The van der Waals surface area contributed by atoms with Gasteiger partial charge in [-0.3, -0.25) is 4.99 Å². The van der Waals surface area contributed by atoms with E-state index in [0.717, 1.165) is 6.42 Å².